The number of methoxy groups -OCH3 is 2. The molecule has 1 fully saturated rings. The van der Waals surface area contributed by atoms with Crippen molar-refractivity contribution >= 4 is 16.8 Å². The number of benzene rings is 3. The second-order valence-corrected chi connectivity index (χ2v) is 10.4. The van der Waals surface area contributed by atoms with Crippen molar-refractivity contribution in [2.75, 3.05) is 27.3 Å². The highest BCUT2D eigenvalue weighted by atomic mass is 16.5. The Morgan fingerprint density at radius 1 is 1.00 bits per heavy atom. The van der Waals surface area contributed by atoms with Crippen LogP contribution < -0.4 is 14.8 Å². The lowest BCUT2D eigenvalue weighted by atomic mass is 9.87. The zero-order valence-corrected chi connectivity index (χ0v) is 23.2. The highest BCUT2D eigenvalue weighted by molar-refractivity contribution is 5.88. The van der Waals surface area contributed by atoms with Gasteiger partial charge in [0.25, 0.3) is 0 Å². The van der Waals surface area contributed by atoms with Crippen LogP contribution in [0.5, 0.6) is 11.5 Å². The number of ether oxygens (including phenoxy) is 2. The molecule has 39 heavy (non-hydrogen) atoms. The van der Waals surface area contributed by atoms with Crippen molar-refractivity contribution in [3.8, 4) is 11.5 Å². The van der Waals surface area contributed by atoms with Gasteiger partial charge in [0.15, 0.2) is 11.5 Å². The van der Waals surface area contributed by atoms with Gasteiger partial charge in [-0.1, -0.05) is 61.5 Å². The fourth-order valence-corrected chi connectivity index (χ4v) is 5.85. The standard InChI is InChI=1S/C33H39N3O3/c1-4-24-11-8-12-27-29(21-34-33(24)27)28(25-13-14-30(38-2)31(19-25)39-3)20-32(37)35-26-15-17-36(18-16-26)22-23-9-6-5-7-10-23/h5-14,19,21,26,28,34H,4,15-18,20,22H2,1-3H3,(H,35,37). The Labute approximate surface area is 231 Å². The lowest BCUT2D eigenvalue weighted by molar-refractivity contribution is -0.122. The van der Waals surface area contributed by atoms with Crippen LogP contribution in [0.25, 0.3) is 10.9 Å². The first-order chi connectivity index (χ1) is 19.1. The smallest absolute Gasteiger partial charge is 0.221 e. The van der Waals surface area contributed by atoms with Gasteiger partial charge in [-0.15, -0.1) is 0 Å². The van der Waals surface area contributed by atoms with E-state index in [-0.39, 0.29) is 17.9 Å². The highest BCUT2D eigenvalue weighted by Gasteiger charge is 2.26. The SMILES string of the molecule is CCc1cccc2c(C(CC(=O)NC3CCN(Cc4ccccc4)CC3)c3ccc(OC)c(OC)c3)c[nH]c12. The molecule has 5 rings (SSSR count). The molecule has 0 radical (unpaired) electrons. The molecule has 1 atom stereocenters. The van der Waals surface area contributed by atoms with Crippen LogP contribution in [-0.4, -0.2) is 49.1 Å². The number of H-pyrrole nitrogens is 1. The normalized spacial score (nSPS) is 15.3. The molecule has 6 nitrogen and oxygen atoms in total. The maximum Gasteiger partial charge on any atom is 0.221 e. The summed E-state index contributed by atoms with van der Waals surface area (Å²) in [5.74, 6) is 1.31. The molecule has 1 aliphatic heterocycles. The number of aryl methyl sites for hydroxylation is 1. The van der Waals surface area contributed by atoms with Gasteiger partial charge in [-0.05, 0) is 53.6 Å². The number of carbonyl (C=O) groups is 1. The molecule has 4 aromatic rings. The minimum absolute atomic E-state index is 0.0808. The third kappa shape index (κ3) is 6.12. The third-order valence-corrected chi connectivity index (χ3v) is 7.99. The number of aromatic amines is 1. The van der Waals surface area contributed by atoms with Crippen LogP contribution in [0.15, 0.2) is 72.9 Å². The van der Waals surface area contributed by atoms with E-state index in [1.54, 1.807) is 14.2 Å². The molecule has 1 saturated heterocycles. The largest absolute Gasteiger partial charge is 0.493 e. The van der Waals surface area contributed by atoms with Crippen molar-refractivity contribution < 1.29 is 14.3 Å². The van der Waals surface area contributed by atoms with E-state index >= 15 is 0 Å². The molecule has 0 saturated carbocycles. The summed E-state index contributed by atoms with van der Waals surface area (Å²) in [7, 11) is 3.28. The Balaban J connectivity index is 1.33. The molecule has 0 aliphatic carbocycles. The summed E-state index contributed by atoms with van der Waals surface area (Å²) < 4.78 is 11.1. The van der Waals surface area contributed by atoms with E-state index in [1.807, 2.05) is 18.2 Å². The number of hydrogen-bond acceptors (Lipinski definition) is 4. The van der Waals surface area contributed by atoms with Gasteiger partial charge in [-0.2, -0.15) is 0 Å². The van der Waals surface area contributed by atoms with E-state index in [1.165, 1.54) is 11.1 Å². The van der Waals surface area contributed by atoms with Crippen LogP contribution in [0.3, 0.4) is 0 Å². The number of aromatic nitrogens is 1. The number of likely N-dealkylation sites (tertiary alicyclic amines) is 1. The van der Waals surface area contributed by atoms with Gasteiger partial charge in [-0.3, -0.25) is 9.69 Å². The van der Waals surface area contributed by atoms with Gasteiger partial charge in [0, 0.05) is 55.1 Å². The molecule has 204 valence electrons. The zero-order chi connectivity index (χ0) is 27.2. The van der Waals surface area contributed by atoms with Gasteiger partial charge in [0.1, 0.15) is 0 Å². The minimum atomic E-state index is -0.121. The maximum absolute atomic E-state index is 13.5. The summed E-state index contributed by atoms with van der Waals surface area (Å²) in [5, 5.41) is 4.52. The zero-order valence-electron chi connectivity index (χ0n) is 23.2. The summed E-state index contributed by atoms with van der Waals surface area (Å²) in [5.41, 5.74) is 5.91. The summed E-state index contributed by atoms with van der Waals surface area (Å²) >= 11 is 0. The first kappa shape index (κ1) is 26.8. The number of nitrogens with one attached hydrogen (secondary N) is 2. The highest BCUT2D eigenvalue weighted by Crippen LogP contribution is 2.38. The van der Waals surface area contributed by atoms with E-state index in [9.17, 15) is 4.79 Å². The number of hydrogen-bond donors (Lipinski definition) is 2. The molecule has 2 N–H and O–H groups in total. The van der Waals surface area contributed by atoms with Crippen LogP contribution >= 0.6 is 0 Å². The Kier molecular flexibility index (Phi) is 8.52. The summed E-state index contributed by atoms with van der Waals surface area (Å²) in [4.78, 5) is 19.5. The summed E-state index contributed by atoms with van der Waals surface area (Å²) in [6.07, 6.45) is 5.31. The van der Waals surface area contributed by atoms with Crippen LogP contribution in [0.1, 0.15) is 54.4 Å². The number of carbonyl (C=O) groups excluding carboxylic acids is 1. The Bertz CT molecular complexity index is 1390. The van der Waals surface area contributed by atoms with Gasteiger partial charge in [-0.25, -0.2) is 0 Å². The van der Waals surface area contributed by atoms with Gasteiger partial charge in [0.2, 0.25) is 5.91 Å². The quantitative estimate of drug-likeness (QED) is 0.265. The second kappa shape index (κ2) is 12.4. The average Bonchev–Trinajstić information content (AvgIpc) is 3.41. The molecular formula is C33H39N3O3. The molecule has 2 heterocycles. The molecule has 0 bridgehead atoms. The topological polar surface area (TPSA) is 66.6 Å². The van der Waals surface area contributed by atoms with Crippen molar-refractivity contribution in [3.63, 3.8) is 0 Å². The van der Waals surface area contributed by atoms with Gasteiger partial charge >= 0.3 is 0 Å². The predicted molar refractivity (Wildman–Crippen MR) is 157 cm³/mol. The van der Waals surface area contributed by atoms with Crippen molar-refractivity contribution in [1.82, 2.24) is 15.2 Å². The Morgan fingerprint density at radius 3 is 2.49 bits per heavy atom. The molecule has 6 heteroatoms. The van der Waals surface area contributed by atoms with Crippen LogP contribution in [0.2, 0.25) is 0 Å². The molecule has 3 aromatic carbocycles. The lowest BCUT2D eigenvalue weighted by Crippen LogP contribution is -2.44. The second-order valence-electron chi connectivity index (χ2n) is 10.4. The van der Waals surface area contributed by atoms with E-state index < -0.39 is 0 Å². The number of amides is 1. The van der Waals surface area contributed by atoms with E-state index in [2.05, 4.69) is 76.9 Å². The van der Waals surface area contributed by atoms with Crippen molar-refractivity contribution in [2.45, 2.75) is 51.1 Å². The maximum atomic E-state index is 13.5. The number of nitrogens with zero attached hydrogens (tertiary/aromatic N) is 1. The molecule has 0 spiro atoms. The van der Waals surface area contributed by atoms with Crippen molar-refractivity contribution in [3.05, 3.63) is 95.2 Å². The third-order valence-electron chi connectivity index (χ3n) is 7.99. The molecular weight excluding hydrogens is 486 g/mol. The number of piperidine rings is 1. The van der Waals surface area contributed by atoms with Crippen LogP contribution in [0, 0.1) is 0 Å². The van der Waals surface area contributed by atoms with E-state index in [4.69, 9.17) is 9.47 Å². The van der Waals surface area contributed by atoms with Crippen molar-refractivity contribution in [2.24, 2.45) is 0 Å². The van der Waals surface area contributed by atoms with E-state index in [0.29, 0.717) is 17.9 Å². The monoisotopic (exact) mass is 525 g/mol. The van der Waals surface area contributed by atoms with Crippen LogP contribution in [-0.2, 0) is 17.8 Å². The number of para-hydroxylation sites is 1. The number of fused-ring (bicyclic) bond motifs is 1. The average molecular weight is 526 g/mol. The fraction of sp³-hybridized carbons (Fsp3) is 0.364. The minimum Gasteiger partial charge on any atom is -0.493 e. The molecule has 1 unspecified atom stereocenters. The fourth-order valence-electron chi connectivity index (χ4n) is 5.85. The summed E-state index contributed by atoms with van der Waals surface area (Å²) in [6.45, 7) is 5.10. The molecule has 1 aliphatic rings. The molecule has 1 amide bonds. The van der Waals surface area contributed by atoms with Crippen LogP contribution in [0.4, 0.5) is 0 Å². The van der Waals surface area contributed by atoms with E-state index in [0.717, 1.165) is 60.9 Å². The summed E-state index contributed by atoms with van der Waals surface area (Å²) in [6, 6.07) is 23.2. The van der Waals surface area contributed by atoms with Gasteiger partial charge in [0.05, 0.1) is 14.2 Å². The molecule has 1 aromatic heterocycles. The first-order valence-corrected chi connectivity index (χ1v) is 14.0. The van der Waals surface area contributed by atoms with Crippen molar-refractivity contribution in [1.29, 1.82) is 0 Å². The Morgan fingerprint density at radius 2 is 1.77 bits per heavy atom. The predicted octanol–water partition coefficient (Wildman–Crippen LogP) is 6.05. The lowest BCUT2D eigenvalue weighted by Gasteiger charge is -2.32. The Hall–Kier alpha value is -3.77. The number of rotatable bonds is 10. The van der Waals surface area contributed by atoms with Gasteiger partial charge < -0.3 is 19.8 Å². The first-order valence-electron chi connectivity index (χ1n) is 14.0.